The molecule has 2 rings (SSSR count). The van der Waals surface area contributed by atoms with E-state index in [0.29, 0.717) is 0 Å². The van der Waals surface area contributed by atoms with Crippen LogP contribution in [-0.4, -0.2) is 0 Å². The minimum Gasteiger partial charge on any atom is -0.0990 e. The lowest BCUT2D eigenvalue weighted by Gasteiger charge is -1.99. The summed E-state index contributed by atoms with van der Waals surface area (Å²) < 4.78 is 0. The van der Waals surface area contributed by atoms with Gasteiger partial charge in [-0.25, -0.2) is 0 Å². The third kappa shape index (κ3) is 1.33. The zero-order valence-corrected chi connectivity index (χ0v) is 8.46. The maximum atomic E-state index is 3.76. The first-order valence-electron chi connectivity index (χ1n) is 4.93. The van der Waals surface area contributed by atoms with Crippen LogP contribution in [-0.2, 0) is 6.42 Å². The molecule has 0 fully saturated rings. The summed E-state index contributed by atoms with van der Waals surface area (Å²) in [4.78, 5) is 0. The molecule has 0 heteroatoms. The Bertz CT molecular complexity index is 419. The van der Waals surface area contributed by atoms with Crippen LogP contribution in [0.25, 0.3) is 5.57 Å². The maximum absolute atomic E-state index is 3.76. The lowest BCUT2D eigenvalue weighted by Crippen LogP contribution is -1.78. The Morgan fingerprint density at radius 2 is 2.07 bits per heavy atom. The number of allylic oxidation sites excluding steroid dienone is 5. The molecular formula is C14H14. The average molecular weight is 182 g/mol. The zero-order valence-electron chi connectivity index (χ0n) is 8.46. The number of hydrogen-bond acceptors (Lipinski definition) is 0. The SMILES string of the molecule is C=CC=C1/C(=C\C)Cc2ccccc21. The summed E-state index contributed by atoms with van der Waals surface area (Å²) in [6.45, 7) is 5.86. The Labute approximate surface area is 85.3 Å². The van der Waals surface area contributed by atoms with Gasteiger partial charge in [0.15, 0.2) is 0 Å². The highest BCUT2D eigenvalue weighted by Gasteiger charge is 2.18. The van der Waals surface area contributed by atoms with Crippen molar-refractivity contribution < 1.29 is 0 Å². The molecule has 70 valence electrons. The van der Waals surface area contributed by atoms with Crippen LogP contribution in [0.3, 0.4) is 0 Å². The second-order valence-electron chi connectivity index (χ2n) is 3.46. The second-order valence-corrected chi connectivity index (χ2v) is 3.46. The average Bonchev–Trinajstić information content (AvgIpc) is 2.58. The fourth-order valence-corrected chi connectivity index (χ4v) is 1.98. The van der Waals surface area contributed by atoms with E-state index >= 15 is 0 Å². The lowest BCUT2D eigenvalue weighted by molar-refractivity contribution is 1.26. The van der Waals surface area contributed by atoms with Gasteiger partial charge in [-0.05, 0) is 35.6 Å². The molecule has 1 aliphatic rings. The quantitative estimate of drug-likeness (QED) is 0.620. The van der Waals surface area contributed by atoms with Crippen molar-refractivity contribution in [3.8, 4) is 0 Å². The molecule has 1 aromatic rings. The van der Waals surface area contributed by atoms with Crippen LogP contribution in [0.1, 0.15) is 18.1 Å². The zero-order chi connectivity index (χ0) is 9.97. The van der Waals surface area contributed by atoms with Gasteiger partial charge >= 0.3 is 0 Å². The molecule has 0 saturated heterocycles. The van der Waals surface area contributed by atoms with E-state index in [1.54, 1.807) is 0 Å². The lowest BCUT2D eigenvalue weighted by atomic mass is 10.1. The van der Waals surface area contributed by atoms with Gasteiger partial charge in [0.1, 0.15) is 0 Å². The Morgan fingerprint density at radius 1 is 1.29 bits per heavy atom. The molecule has 0 saturated carbocycles. The van der Waals surface area contributed by atoms with Crippen LogP contribution < -0.4 is 0 Å². The first-order chi connectivity index (χ1) is 6.86. The molecule has 0 bridgehead atoms. The van der Waals surface area contributed by atoms with Crippen LogP contribution in [0.2, 0.25) is 0 Å². The van der Waals surface area contributed by atoms with E-state index in [-0.39, 0.29) is 0 Å². The van der Waals surface area contributed by atoms with Crippen molar-refractivity contribution in [3.05, 3.63) is 65.8 Å². The van der Waals surface area contributed by atoms with E-state index < -0.39 is 0 Å². The Morgan fingerprint density at radius 3 is 2.79 bits per heavy atom. The third-order valence-electron chi connectivity index (χ3n) is 2.67. The number of rotatable bonds is 1. The molecule has 0 aromatic heterocycles. The maximum Gasteiger partial charge on any atom is -0.00167 e. The van der Waals surface area contributed by atoms with Gasteiger partial charge in [-0.2, -0.15) is 0 Å². The van der Waals surface area contributed by atoms with Crippen molar-refractivity contribution in [3.63, 3.8) is 0 Å². The third-order valence-corrected chi connectivity index (χ3v) is 2.67. The molecule has 0 nitrogen and oxygen atoms in total. The van der Waals surface area contributed by atoms with E-state index in [4.69, 9.17) is 0 Å². The highest BCUT2D eigenvalue weighted by Crippen LogP contribution is 2.36. The molecule has 0 N–H and O–H groups in total. The fourth-order valence-electron chi connectivity index (χ4n) is 1.98. The molecule has 0 unspecified atom stereocenters. The van der Waals surface area contributed by atoms with Crippen molar-refractivity contribution in [2.45, 2.75) is 13.3 Å². The molecule has 0 spiro atoms. The fraction of sp³-hybridized carbons (Fsp3) is 0.143. The van der Waals surface area contributed by atoms with E-state index in [0.717, 1.165) is 6.42 Å². The van der Waals surface area contributed by atoms with Gasteiger partial charge in [-0.15, -0.1) is 0 Å². The molecule has 0 amide bonds. The van der Waals surface area contributed by atoms with Gasteiger partial charge in [0, 0.05) is 0 Å². The first kappa shape index (κ1) is 9.01. The smallest absolute Gasteiger partial charge is 0.00167 e. The monoisotopic (exact) mass is 182 g/mol. The summed E-state index contributed by atoms with van der Waals surface area (Å²) in [7, 11) is 0. The van der Waals surface area contributed by atoms with Crippen molar-refractivity contribution >= 4 is 5.57 Å². The Kier molecular flexibility index (Phi) is 2.36. The van der Waals surface area contributed by atoms with Crippen LogP contribution in [0, 0.1) is 0 Å². The Hall–Kier alpha value is -1.56. The molecule has 0 heterocycles. The van der Waals surface area contributed by atoms with Crippen LogP contribution in [0.15, 0.2) is 54.6 Å². The summed E-state index contributed by atoms with van der Waals surface area (Å²) in [5, 5.41) is 0. The molecule has 14 heavy (non-hydrogen) atoms. The van der Waals surface area contributed by atoms with Crippen molar-refractivity contribution in [2.24, 2.45) is 0 Å². The van der Waals surface area contributed by atoms with Crippen molar-refractivity contribution in [1.82, 2.24) is 0 Å². The number of fused-ring (bicyclic) bond motifs is 1. The van der Waals surface area contributed by atoms with Gasteiger partial charge in [0.05, 0.1) is 0 Å². The van der Waals surface area contributed by atoms with Crippen LogP contribution in [0.4, 0.5) is 0 Å². The number of benzene rings is 1. The van der Waals surface area contributed by atoms with Crippen molar-refractivity contribution in [1.29, 1.82) is 0 Å². The predicted molar refractivity (Wildman–Crippen MR) is 62.1 cm³/mol. The molecule has 0 atom stereocenters. The molecule has 0 aliphatic heterocycles. The summed E-state index contributed by atoms with van der Waals surface area (Å²) in [6.07, 6.45) is 7.21. The van der Waals surface area contributed by atoms with E-state index in [1.807, 2.05) is 6.08 Å². The summed E-state index contributed by atoms with van der Waals surface area (Å²) >= 11 is 0. The normalized spacial score (nSPS) is 20.1. The molecule has 0 radical (unpaired) electrons. The van der Waals surface area contributed by atoms with Gasteiger partial charge in [0.2, 0.25) is 0 Å². The molecular weight excluding hydrogens is 168 g/mol. The molecule has 1 aromatic carbocycles. The van der Waals surface area contributed by atoms with Crippen LogP contribution >= 0.6 is 0 Å². The molecule has 1 aliphatic carbocycles. The summed E-state index contributed by atoms with van der Waals surface area (Å²) in [5.74, 6) is 0. The number of hydrogen-bond donors (Lipinski definition) is 0. The van der Waals surface area contributed by atoms with E-state index in [9.17, 15) is 0 Å². The highest BCUT2D eigenvalue weighted by atomic mass is 14.2. The largest absolute Gasteiger partial charge is 0.0990 e. The Balaban J connectivity index is 2.58. The second kappa shape index (κ2) is 3.67. The standard InChI is InChI=1S/C14H14/c1-3-7-13-11(4-2)10-12-8-5-6-9-14(12)13/h3-9H,1,10H2,2H3/b11-4-,13-7?. The minimum absolute atomic E-state index is 1.06. The predicted octanol–water partition coefficient (Wildman–Crippen LogP) is 3.76. The minimum atomic E-state index is 1.06. The van der Waals surface area contributed by atoms with Crippen molar-refractivity contribution in [2.75, 3.05) is 0 Å². The summed E-state index contributed by atoms with van der Waals surface area (Å²) in [5.41, 5.74) is 5.53. The first-order valence-corrected chi connectivity index (χ1v) is 4.93. The van der Waals surface area contributed by atoms with E-state index in [1.165, 1.54) is 22.3 Å². The van der Waals surface area contributed by atoms with Gasteiger partial charge in [-0.3, -0.25) is 0 Å². The van der Waals surface area contributed by atoms with E-state index in [2.05, 4.69) is 49.9 Å². The summed E-state index contributed by atoms with van der Waals surface area (Å²) in [6, 6.07) is 8.57. The highest BCUT2D eigenvalue weighted by molar-refractivity contribution is 5.86. The van der Waals surface area contributed by atoms with Crippen LogP contribution in [0.5, 0.6) is 0 Å². The van der Waals surface area contributed by atoms with Gasteiger partial charge < -0.3 is 0 Å². The van der Waals surface area contributed by atoms with Gasteiger partial charge in [-0.1, -0.05) is 49.1 Å². The topological polar surface area (TPSA) is 0 Å². The van der Waals surface area contributed by atoms with Gasteiger partial charge in [0.25, 0.3) is 0 Å².